The summed E-state index contributed by atoms with van der Waals surface area (Å²) in [5, 5.41) is 4.12. The Morgan fingerprint density at radius 2 is 2.09 bits per heavy atom. The molecule has 120 valence electrons. The maximum atomic E-state index is 11.9. The molecule has 1 N–H and O–H groups in total. The summed E-state index contributed by atoms with van der Waals surface area (Å²) in [5.41, 5.74) is 5.28. The van der Waals surface area contributed by atoms with Crippen molar-refractivity contribution in [2.24, 2.45) is 5.10 Å². The Bertz CT molecular complexity index is 699. The van der Waals surface area contributed by atoms with Crippen molar-refractivity contribution >= 4 is 11.6 Å². The van der Waals surface area contributed by atoms with E-state index in [4.69, 9.17) is 9.47 Å². The zero-order valence-electron chi connectivity index (χ0n) is 13.4. The van der Waals surface area contributed by atoms with Crippen LogP contribution in [0.5, 0.6) is 5.75 Å². The van der Waals surface area contributed by atoms with E-state index >= 15 is 0 Å². The van der Waals surface area contributed by atoms with Gasteiger partial charge in [-0.1, -0.05) is 6.07 Å². The Labute approximate surface area is 135 Å². The van der Waals surface area contributed by atoms with E-state index in [-0.39, 0.29) is 5.91 Å². The smallest absolute Gasteiger partial charge is 0.289 e. The summed E-state index contributed by atoms with van der Waals surface area (Å²) in [6.45, 7) is 2.25. The number of hydrogen-bond acceptors (Lipinski definition) is 5. The second kappa shape index (κ2) is 8.05. The van der Waals surface area contributed by atoms with Crippen molar-refractivity contribution in [3.63, 3.8) is 0 Å². The van der Waals surface area contributed by atoms with E-state index in [0.717, 1.165) is 16.9 Å². The number of hydrogen-bond donors (Lipinski definition) is 1. The summed E-state index contributed by atoms with van der Waals surface area (Å²) in [5.74, 6) is 0.400. The highest BCUT2D eigenvalue weighted by Crippen LogP contribution is 2.21. The molecule has 0 bridgehead atoms. The number of amides is 1. The third-order valence-electron chi connectivity index (χ3n) is 3.22. The molecule has 1 heterocycles. The minimum atomic E-state index is -0.351. The van der Waals surface area contributed by atoms with Crippen LogP contribution in [0.25, 0.3) is 0 Å². The fourth-order valence-electron chi connectivity index (χ4n) is 2.03. The minimum absolute atomic E-state index is 0.318. The molecule has 0 fully saturated rings. The zero-order chi connectivity index (χ0) is 16.7. The number of hydrazone groups is 1. The number of nitrogens with zero attached hydrogens (tertiary/aromatic N) is 2. The van der Waals surface area contributed by atoms with Gasteiger partial charge in [0.15, 0.2) is 0 Å². The fourth-order valence-corrected chi connectivity index (χ4v) is 2.03. The van der Waals surface area contributed by atoms with Crippen LogP contribution < -0.4 is 10.2 Å². The lowest BCUT2D eigenvalue weighted by Gasteiger charge is -2.10. The maximum absolute atomic E-state index is 11.9. The SMILES string of the molecule is COCc1cc(/C(C)=N\NC(=O)c2ccccn2)ccc1OC. The van der Waals surface area contributed by atoms with E-state index in [1.807, 2.05) is 25.1 Å². The molecule has 1 aromatic heterocycles. The number of benzene rings is 1. The average Bonchev–Trinajstić information content (AvgIpc) is 2.60. The number of pyridine rings is 1. The number of methoxy groups -OCH3 is 2. The van der Waals surface area contributed by atoms with Gasteiger partial charge in [0.25, 0.3) is 5.91 Å². The first-order valence-electron chi connectivity index (χ1n) is 7.07. The maximum Gasteiger partial charge on any atom is 0.289 e. The lowest BCUT2D eigenvalue weighted by molar-refractivity contribution is 0.0950. The Kier molecular flexibility index (Phi) is 5.82. The van der Waals surface area contributed by atoms with Crippen molar-refractivity contribution in [1.29, 1.82) is 0 Å². The van der Waals surface area contributed by atoms with Crippen molar-refractivity contribution in [1.82, 2.24) is 10.4 Å². The summed E-state index contributed by atoms with van der Waals surface area (Å²) < 4.78 is 10.5. The summed E-state index contributed by atoms with van der Waals surface area (Å²) in [4.78, 5) is 15.9. The topological polar surface area (TPSA) is 72.8 Å². The predicted molar refractivity (Wildman–Crippen MR) is 87.6 cm³/mol. The number of carbonyl (C=O) groups excluding carboxylic acids is 1. The van der Waals surface area contributed by atoms with Crippen molar-refractivity contribution in [3.05, 3.63) is 59.4 Å². The van der Waals surface area contributed by atoms with Crippen molar-refractivity contribution < 1.29 is 14.3 Å². The van der Waals surface area contributed by atoms with E-state index in [1.165, 1.54) is 0 Å². The number of nitrogens with one attached hydrogen (secondary N) is 1. The van der Waals surface area contributed by atoms with Gasteiger partial charge in [0.05, 0.1) is 19.4 Å². The van der Waals surface area contributed by atoms with E-state index in [9.17, 15) is 4.79 Å². The second-order valence-electron chi connectivity index (χ2n) is 4.81. The summed E-state index contributed by atoms with van der Waals surface area (Å²) in [7, 11) is 3.24. The third kappa shape index (κ3) is 4.37. The van der Waals surface area contributed by atoms with Crippen LogP contribution in [0.15, 0.2) is 47.7 Å². The second-order valence-corrected chi connectivity index (χ2v) is 4.81. The zero-order valence-corrected chi connectivity index (χ0v) is 13.4. The van der Waals surface area contributed by atoms with Crippen LogP contribution in [0.1, 0.15) is 28.5 Å². The van der Waals surface area contributed by atoms with Crippen molar-refractivity contribution in [2.75, 3.05) is 14.2 Å². The average molecular weight is 313 g/mol. The molecular weight excluding hydrogens is 294 g/mol. The largest absolute Gasteiger partial charge is 0.496 e. The van der Waals surface area contributed by atoms with E-state index < -0.39 is 0 Å². The Hall–Kier alpha value is -2.73. The van der Waals surface area contributed by atoms with Crippen LogP contribution in [-0.4, -0.2) is 30.8 Å². The molecule has 0 saturated heterocycles. The van der Waals surface area contributed by atoms with Gasteiger partial charge in [-0.25, -0.2) is 5.43 Å². The first-order valence-corrected chi connectivity index (χ1v) is 7.07. The van der Waals surface area contributed by atoms with Crippen LogP contribution in [0.2, 0.25) is 0 Å². The van der Waals surface area contributed by atoms with Crippen LogP contribution >= 0.6 is 0 Å². The molecule has 6 heteroatoms. The van der Waals surface area contributed by atoms with E-state index in [1.54, 1.807) is 38.6 Å². The summed E-state index contributed by atoms with van der Waals surface area (Å²) >= 11 is 0. The first kappa shape index (κ1) is 16.6. The molecule has 0 aliphatic carbocycles. The normalized spacial score (nSPS) is 11.2. The quantitative estimate of drug-likeness (QED) is 0.656. The molecule has 0 aliphatic rings. The van der Waals surface area contributed by atoms with Crippen LogP contribution in [0.3, 0.4) is 0 Å². The molecule has 0 radical (unpaired) electrons. The van der Waals surface area contributed by atoms with Crippen molar-refractivity contribution in [3.8, 4) is 5.75 Å². The van der Waals surface area contributed by atoms with Crippen LogP contribution in [0, 0.1) is 0 Å². The van der Waals surface area contributed by atoms with Crippen LogP contribution in [-0.2, 0) is 11.3 Å². The molecule has 23 heavy (non-hydrogen) atoms. The molecule has 2 aromatic rings. The van der Waals surface area contributed by atoms with Gasteiger partial charge in [-0.2, -0.15) is 5.10 Å². The molecule has 0 unspecified atom stereocenters. The predicted octanol–water partition coefficient (Wildman–Crippen LogP) is 2.39. The van der Waals surface area contributed by atoms with Gasteiger partial charge in [0.1, 0.15) is 11.4 Å². The van der Waals surface area contributed by atoms with Crippen LogP contribution in [0.4, 0.5) is 0 Å². The number of rotatable bonds is 6. The first-order chi connectivity index (χ1) is 11.2. The van der Waals surface area contributed by atoms with Gasteiger partial charge < -0.3 is 9.47 Å². The van der Waals surface area contributed by atoms with Gasteiger partial charge >= 0.3 is 0 Å². The summed E-state index contributed by atoms with van der Waals surface area (Å²) in [6.07, 6.45) is 1.56. The van der Waals surface area contributed by atoms with E-state index in [2.05, 4.69) is 15.5 Å². The van der Waals surface area contributed by atoms with Gasteiger partial charge in [-0.15, -0.1) is 0 Å². The number of aromatic nitrogens is 1. The Morgan fingerprint density at radius 3 is 2.74 bits per heavy atom. The Balaban J connectivity index is 2.14. The minimum Gasteiger partial charge on any atom is -0.496 e. The standard InChI is InChI=1S/C17H19N3O3/c1-12(19-20-17(21)15-6-4-5-9-18-15)13-7-8-16(23-3)14(10-13)11-22-2/h4-10H,11H2,1-3H3,(H,20,21)/b19-12-. The van der Waals surface area contributed by atoms with E-state index in [0.29, 0.717) is 18.0 Å². The molecule has 0 spiro atoms. The number of ether oxygens (including phenoxy) is 2. The highest BCUT2D eigenvalue weighted by molar-refractivity contribution is 6.00. The highest BCUT2D eigenvalue weighted by atomic mass is 16.5. The molecule has 0 aliphatic heterocycles. The number of carbonyl (C=O) groups is 1. The lowest BCUT2D eigenvalue weighted by Crippen LogP contribution is -2.20. The van der Waals surface area contributed by atoms with Gasteiger partial charge in [0, 0.05) is 18.9 Å². The molecule has 2 rings (SSSR count). The molecule has 1 aromatic carbocycles. The lowest BCUT2D eigenvalue weighted by atomic mass is 10.1. The third-order valence-corrected chi connectivity index (χ3v) is 3.22. The van der Waals surface area contributed by atoms with Gasteiger partial charge in [-0.05, 0) is 42.8 Å². The molecule has 0 saturated carbocycles. The molecule has 1 amide bonds. The highest BCUT2D eigenvalue weighted by Gasteiger charge is 2.08. The van der Waals surface area contributed by atoms with Crippen molar-refractivity contribution in [2.45, 2.75) is 13.5 Å². The monoisotopic (exact) mass is 313 g/mol. The van der Waals surface area contributed by atoms with Gasteiger partial charge in [-0.3, -0.25) is 9.78 Å². The molecular formula is C17H19N3O3. The summed E-state index contributed by atoms with van der Waals surface area (Å²) in [6, 6.07) is 10.8. The molecule has 6 nitrogen and oxygen atoms in total. The Morgan fingerprint density at radius 1 is 1.26 bits per heavy atom. The molecule has 0 atom stereocenters. The fraction of sp³-hybridized carbons (Fsp3) is 0.235. The van der Waals surface area contributed by atoms with Gasteiger partial charge in [0.2, 0.25) is 0 Å².